The van der Waals surface area contributed by atoms with Gasteiger partial charge in [-0.3, -0.25) is 4.55 Å². The quantitative estimate of drug-likeness (QED) is 0.462. The molecule has 0 amide bonds. The molecule has 1 rings (SSSR count). The molecule has 74 valence electrons. The van der Waals surface area contributed by atoms with Gasteiger partial charge in [0.25, 0.3) is 10.1 Å². The first kappa shape index (κ1) is 10.6. The Labute approximate surface area is 80.8 Å². The maximum absolute atomic E-state index is 10.5. The van der Waals surface area contributed by atoms with Crippen LogP contribution in [0.25, 0.3) is 0 Å². The molecule has 0 aliphatic heterocycles. The second-order valence-electron chi connectivity index (χ2n) is 2.60. The molecule has 1 N–H and O–H groups in total. The molecule has 0 aliphatic carbocycles. The van der Waals surface area contributed by atoms with Gasteiger partial charge >= 0.3 is 0 Å². The van der Waals surface area contributed by atoms with E-state index in [0.29, 0.717) is 11.3 Å². The van der Waals surface area contributed by atoms with E-state index >= 15 is 0 Å². The summed E-state index contributed by atoms with van der Waals surface area (Å²) in [6.07, 6.45) is 1.34. The highest BCUT2D eigenvalue weighted by Crippen LogP contribution is 2.14. The number of benzene rings is 1. The highest BCUT2D eigenvalue weighted by atomic mass is 32.2. The fourth-order valence-electron chi connectivity index (χ4n) is 0.979. The third kappa shape index (κ3) is 3.49. The van der Waals surface area contributed by atoms with Crippen LogP contribution in [0, 0.1) is 0 Å². The molecule has 0 radical (unpaired) electrons. The lowest BCUT2D eigenvalue weighted by atomic mass is 10.2. The Morgan fingerprint density at radius 2 is 2.14 bits per heavy atom. The van der Waals surface area contributed by atoms with Gasteiger partial charge in [0.15, 0.2) is 0 Å². The van der Waals surface area contributed by atoms with Crippen LogP contribution in [-0.4, -0.2) is 19.1 Å². The molecule has 0 atom stereocenters. The zero-order valence-corrected chi connectivity index (χ0v) is 7.86. The van der Waals surface area contributed by atoms with Crippen LogP contribution in [0.2, 0.25) is 0 Å². The number of hydrogen-bond donors (Lipinski definition) is 1. The third-order valence-electron chi connectivity index (χ3n) is 1.43. The summed E-state index contributed by atoms with van der Waals surface area (Å²) in [5.74, 6) is -0.491. The summed E-state index contributed by atoms with van der Waals surface area (Å²) < 4.78 is 29.6. The second kappa shape index (κ2) is 4.15. The molecular weight excluding hydrogens is 206 g/mol. The van der Waals surface area contributed by atoms with Crippen LogP contribution in [0.15, 0.2) is 29.3 Å². The molecule has 0 spiro atoms. The second-order valence-corrected chi connectivity index (χ2v) is 4.05. The summed E-state index contributed by atoms with van der Waals surface area (Å²) in [6.45, 7) is 0. The molecule has 14 heavy (non-hydrogen) atoms. The summed E-state index contributed by atoms with van der Waals surface area (Å²) >= 11 is 0. The molecule has 1 aromatic rings. The van der Waals surface area contributed by atoms with E-state index in [9.17, 15) is 13.2 Å². The Bertz CT molecular complexity index is 474. The summed E-state index contributed by atoms with van der Waals surface area (Å²) in [7, 11) is -4.05. The van der Waals surface area contributed by atoms with E-state index in [1.807, 2.05) is 0 Å². The van der Waals surface area contributed by atoms with E-state index in [0.717, 1.165) is 0 Å². The van der Waals surface area contributed by atoms with Gasteiger partial charge in [0.2, 0.25) is 6.08 Å². The minimum atomic E-state index is -4.05. The lowest BCUT2D eigenvalue weighted by molar-refractivity contribution is 0.482. The number of isocyanates is 1. The topological polar surface area (TPSA) is 83.8 Å². The molecule has 0 saturated heterocycles. The molecule has 0 aliphatic rings. The van der Waals surface area contributed by atoms with Gasteiger partial charge in [-0.25, -0.2) is 4.79 Å². The van der Waals surface area contributed by atoms with Crippen molar-refractivity contribution in [2.24, 2.45) is 4.99 Å². The monoisotopic (exact) mass is 213 g/mol. The maximum Gasteiger partial charge on any atom is 0.269 e. The number of rotatable bonds is 3. The smallest absolute Gasteiger partial charge is 0.269 e. The van der Waals surface area contributed by atoms with E-state index in [4.69, 9.17) is 4.55 Å². The first-order valence-corrected chi connectivity index (χ1v) is 5.24. The van der Waals surface area contributed by atoms with Crippen LogP contribution in [0.4, 0.5) is 5.69 Å². The van der Waals surface area contributed by atoms with Gasteiger partial charge < -0.3 is 0 Å². The molecule has 5 nitrogen and oxygen atoms in total. The van der Waals surface area contributed by atoms with Gasteiger partial charge in [-0.1, -0.05) is 12.1 Å². The summed E-state index contributed by atoms with van der Waals surface area (Å²) in [4.78, 5) is 13.2. The van der Waals surface area contributed by atoms with Gasteiger partial charge in [0.1, 0.15) is 5.75 Å². The average molecular weight is 213 g/mol. The van der Waals surface area contributed by atoms with Crippen molar-refractivity contribution in [1.82, 2.24) is 0 Å². The zero-order chi connectivity index (χ0) is 10.6. The summed E-state index contributed by atoms with van der Waals surface area (Å²) in [6, 6.07) is 5.96. The van der Waals surface area contributed by atoms with E-state index in [2.05, 4.69) is 4.99 Å². The lowest BCUT2D eigenvalue weighted by Gasteiger charge is -1.98. The molecule has 0 saturated carbocycles. The van der Waals surface area contributed by atoms with Gasteiger partial charge in [-0.2, -0.15) is 13.4 Å². The van der Waals surface area contributed by atoms with Gasteiger partial charge in [-0.05, 0) is 17.7 Å². The van der Waals surface area contributed by atoms with Crippen molar-refractivity contribution in [3.63, 3.8) is 0 Å². The standard InChI is InChI=1S/C8H7NO4S/c10-6-9-8-3-1-2-7(4-8)5-14(11,12)13/h1-4H,5H2,(H,11,12,13). The van der Waals surface area contributed by atoms with Crippen LogP contribution in [0.5, 0.6) is 0 Å². The lowest BCUT2D eigenvalue weighted by Crippen LogP contribution is -2.00. The highest BCUT2D eigenvalue weighted by molar-refractivity contribution is 7.85. The summed E-state index contributed by atoms with van der Waals surface area (Å²) in [5, 5.41) is 0. The minimum absolute atomic E-state index is 0.307. The Kier molecular flexibility index (Phi) is 3.14. The van der Waals surface area contributed by atoms with E-state index in [-0.39, 0.29) is 0 Å². The first-order chi connectivity index (χ1) is 6.51. The zero-order valence-electron chi connectivity index (χ0n) is 7.04. The minimum Gasteiger partial charge on any atom is -0.285 e. The van der Waals surface area contributed by atoms with Crippen LogP contribution >= 0.6 is 0 Å². The summed E-state index contributed by atoms with van der Waals surface area (Å²) in [5.41, 5.74) is 0.671. The van der Waals surface area contributed by atoms with Gasteiger partial charge in [-0.15, -0.1) is 0 Å². The van der Waals surface area contributed by atoms with E-state index in [1.54, 1.807) is 0 Å². The average Bonchev–Trinajstić information content (AvgIpc) is 2.02. The molecule has 6 heteroatoms. The van der Waals surface area contributed by atoms with Crippen molar-refractivity contribution >= 4 is 21.9 Å². The first-order valence-electron chi connectivity index (χ1n) is 3.63. The fraction of sp³-hybridized carbons (Fsp3) is 0.125. The molecule has 0 bridgehead atoms. The molecule has 1 aromatic carbocycles. The fourth-order valence-corrected chi connectivity index (χ4v) is 1.58. The number of carbonyl (C=O) groups excluding carboxylic acids is 1. The van der Waals surface area contributed by atoms with Crippen molar-refractivity contribution in [3.05, 3.63) is 29.8 Å². The highest BCUT2D eigenvalue weighted by Gasteiger charge is 2.06. The normalized spacial score (nSPS) is 10.6. The predicted molar refractivity (Wildman–Crippen MR) is 49.5 cm³/mol. The molecule has 0 aromatic heterocycles. The SMILES string of the molecule is O=C=Nc1cccc(CS(=O)(=O)O)c1. The van der Waals surface area contributed by atoms with Crippen molar-refractivity contribution < 1.29 is 17.8 Å². The van der Waals surface area contributed by atoms with E-state index < -0.39 is 15.9 Å². The van der Waals surface area contributed by atoms with Crippen LogP contribution in [0.1, 0.15) is 5.56 Å². The van der Waals surface area contributed by atoms with Crippen LogP contribution < -0.4 is 0 Å². The van der Waals surface area contributed by atoms with Crippen molar-refractivity contribution in [1.29, 1.82) is 0 Å². The van der Waals surface area contributed by atoms with Crippen molar-refractivity contribution in [3.8, 4) is 0 Å². The predicted octanol–water partition coefficient (Wildman–Crippen LogP) is 1.04. The molecule has 0 heterocycles. The van der Waals surface area contributed by atoms with Crippen LogP contribution in [0.3, 0.4) is 0 Å². The van der Waals surface area contributed by atoms with Crippen molar-refractivity contribution in [2.75, 3.05) is 0 Å². The molecule has 0 unspecified atom stereocenters. The number of nitrogens with zero attached hydrogens (tertiary/aromatic N) is 1. The Morgan fingerprint density at radius 1 is 1.43 bits per heavy atom. The number of aliphatic imine (C=N–C) groups is 1. The van der Waals surface area contributed by atoms with Gasteiger partial charge in [0, 0.05) is 0 Å². The molecular formula is C8H7NO4S. The molecule has 0 fully saturated rings. The maximum atomic E-state index is 10.5. The third-order valence-corrected chi connectivity index (χ3v) is 2.13. The van der Waals surface area contributed by atoms with Crippen LogP contribution in [-0.2, 0) is 20.7 Å². The van der Waals surface area contributed by atoms with Gasteiger partial charge in [0.05, 0.1) is 5.69 Å². The van der Waals surface area contributed by atoms with E-state index in [1.165, 1.54) is 30.3 Å². The number of hydrogen-bond acceptors (Lipinski definition) is 4. The largest absolute Gasteiger partial charge is 0.285 e. The Morgan fingerprint density at radius 3 is 2.71 bits per heavy atom. The Balaban J connectivity index is 3.00. The Hall–Kier alpha value is -1.49. The van der Waals surface area contributed by atoms with Crippen molar-refractivity contribution in [2.45, 2.75) is 5.75 Å².